The molecule has 0 saturated carbocycles. The van der Waals surface area contributed by atoms with Crippen molar-refractivity contribution in [3.8, 4) is 0 Å². The maximum Gasteiger partial charge on any atom is 0.261 e. The van der Waals surface area contributed by atoms with Crippen molar-refractivity contribution in [2.75, 3.05) is 19.8 Å². The molecule has 5 nitrogen and oxygen atoms in total. The summed E-state index contributed by atoms with van der Waals surface area (Å²) in [6, 6.07) is 3.99. The normalized spacial score (nSPS) is 19.7. The van der Waals surface area contributed by atoms with Gasteiger partial charge in [-0.3, -0.25) is 9.36 Å². The maximum atomic E-state index is 13.2. The predicted molar refractivity (Wildman–Crippen MR) is 66.5 cm³/mol. The molecule has 1 aromatic heterocycles. The molecule has 100 valence electrons. The minimum Gasteiger partial charge on any atom is -0.376 e. The van der Waals surface area contributed by atoms with Gasteiger partial charge < -0.3 is 9.47 Å². The van der Waals surface area contributed by atoms with Gasteiger partial charge in [0.1, 0.15) is 5.82 Å². The molecule has 19 heavy (non-hydrogen) atoms. The molecule has 0 bridgehead atoms. The van der Waals surface area contributed by atoms with Crippen LogP contribution in [0.15, 0.2) is 29.3 Å². The highest BCUT2D eigenvalue weighted by Gasteiger charge is 2.16. The van der Waals surface area contributed by atoms with Crippen molar-refractivity contribution in [1.82, 2.24) is 9.55 Å². The third-order valence-electron chi connectivity index (χ3n) is 3.07. The summed E-state index contributed by atoms with van der Waals surface area (Å²) in [7, 11) is 0. The van der Waals surface area contributed by atoms with Gasteiger partial charge in [0.05, 0.1) is 49.7 Å². The SMILES string of the molecule is O=c1c2cc(F)ccc2ncn1C[C@H]1COCCO1. The van der Waals surface area contributed by atoms with E-state index in [0.717, 1.165) is 0 Å². The number of fused-ring (bicyclic) bond motifs is 1. The average molecular weight is 264 g/mol. The Kier molecular flexibility index (Phi) is 3.27. The van der Waals surface area contributed by atoms with Crippen molar-refractivity contribution in [2.24, 2.45) is 0 Å². The number of benzene rings is 1. The number of hydrogen-bond acceptors (Lipinski definition) is 4. The van der Waals surface area contributed by atoms with Gasteiger partial charge in [-0.15, -0.1) is 0 Å². The van der Waals surface area contributed by atoms with Gasteiger partial charge in [-0.1, -0.05) is 0 Å². The van der Waals surface area contributed by atoms with Crippen LogP contribution in [-0.4, -0.2) is 35.5 Å². The topological polar surface area (TPSA) is 53.4 Å². The second kappa shape index (κ2) is 5.07. The van der Waals surface area contributed by atoms with Gasteiger partial charge in [0.15, 0.2) is 0 Å². The summed E-state index contributed by atoms with van der Waals surface area (Å²) in [6.45, 7) is 1.91. The molecule has 1 aliphatic heterocycles. The van der Waals surface area contributed by atoms with E-state index < -0.39 is 5.82 Å². The molecule has 1 aromatic carbocycles. The first-order valence-corrected chi connectivity index (χ1v) is 6.08. The smallest absolute Gasteiger partial charge is 0.261 e. The molecule has 0 amide bonds. The highest BCUT2D eigenvalue weighted by Crippen LogP contribution is 2.09. The number of nitrogens with zero attached hydrogens (tertiary/aromatic N) is 2. The Labute approximate surface area is 108 Å². The first-order valence-electron chi connectivity index (χ1n) is 6.08. The first-order chi connectivity index (χ1) is 9.24. The van der Waals surface area contributed by atoms with Crippen LogP contribution in [0.1, 0.15) is 0 Å². The lowest BCUT2D eigenvalue weighted by atomic mass is 10.2. The van der Waals surface area contributed by atoms with E-state index in [4.69, 9.17) is 9.47 Å². The fraction of sp³-hybridized carbons (Fsp3) is 0.385. The largest absolute Gasteiger partial charge is 0.376 e. The van der Waals surface area contributed by atoms with Gasteiger partial charge in [0, 0.05) is 0 Å². The minimum atomic E-state index is -0.443. The Hall–Kier alpha value is -1.79. The van der Waals surface area contributed by atoms with Crippen LogP contribution in [0.2, 0.25) is 0 Å². The summed E-state index contributed by atoms with van der Waals surface area (Å²) in [5, 5.41) is 0.277. The predicted octanol–water partition coefficient (Wildman–Crippen LogP) is 0.951. The molecule has 6 heteroatoms. The zero-order valence-electron chi connectivity index (χ0n) is 10.2. The average Bonchev–Trinajstić information content (AvgIpc) is 2.44. The maximum absolute atomic E-state index is 13.2. The number of rotatable bonds is 2. The molecule has 2 heterocycles. The van der Waals surface area contributed by atoms with Crippen molar-refractivity contribution in [1.29, 1.82) is 0 Å². The van der Waals surface area contributed by atoms with Gasteiger partial charge in [0.2, 0.25) is 0 Å². The van der Waals surface area contributed by atoms with E-state index in [-0.39, 0.29) is 17.0 Å². The molecule has 0 N–H and O–H groups in total. The molecule has 1 fully saturated rings. The summed E-state index contributed by atoms with van der Waals surface area (Å²) in [4.78, 5) is 16.4. The van der Waals surface area contributed by atoms with Crippen LogP contribution < -0.4 is 5.56 Å². The molecule has 1 aliphatic rings. The second-order valence-corrected chi connectivity index (χ2v) is 4.43. The standard InChI is InChI=1S/C13H13FN2O3/c14-9-1-2-12-11(5-9)13(17)16(8-15-12)6-10-7-18-3-4-19-10/h1-2,5,8,10H,3-4,6-7H2/t10-/m0/s1. The monoisotopic (exact) mass is 264 g/mol. The van der Waals surface area contributed by atoms with E-state index in [1.165, 1.54) is 29.1 Å². The van der Waals surface area contributed by atoms with Crippen molar-refractivity contribution < 1.29 is 13.9 Å². The minimum absolute atomic E-state index is 0.167. The Balaban J connectivity index is 1.95. The molecule has 3 rings (SSSR count). The summed E-state index contributed by atoms with van der Waals surface area (Å²) in [5.74, 6) is -0.443. The number of aromatic nitrogens is 2. The summed E-state index contributed by atoms with van der Waals surface area (Å²) in [5.41, 5.74) is 0.224. The van der Waals surface area contributed by atoms with Crippen LogP contribution in [0.3, 0.4) is 0 Å². The molecule has 0 radical (unpaired) electrons. The van der Waals surface area contributed by atoms with Crippen molar-refractivity contribution >= 4 is 10.9 Å². The Bertz CT molecular complexity index is 650. The highest BCUT2D eigenvalue weighted by molar-refractivity contribution is 5.77. The van der Waals surface area contributed by atoms with Crippen LogP contribution >= 0.6 is 0 Å². The molecular formula is C13H13FN2O3. The lowest BCUT2D eigenvalue weighted by molar-refractivity contribution is -0.0939. The fourth-order valence-electron chi connectivity index (χ4n) is 2.12. The van der Waals surface area contributed by atoms with Crippen LogP contribution in [0.5, 0.6) is 0 Å². The zero-order valence-corrected chi connectivity index (χ0v) is 10.2. The molecule has 0 aliphatic carbocycles. The molecule has 0 unspecified atom stereocenters. The zero-order chi connectivity index (χ0) is 13.2. The first kappa shape index (κ1) is 12.3. The molecule has 0 spiro atoms. The molecular weight excluding hydrogens is 251 g/mol. The van der Waals surface area contributed by atoms with Crippen molar-refractivity contribution in [3.63, 3.8) is 0 Å². The Morgan fingerprint density at radius 1 is 1.42 bits per heavy atom. The van der Waals surface area contributed by atoms with Crippen LogP contribution in [0.4, 0.5) is 4.39 Å². The fourth-order valence-corrected chi connectivity index (χ4v) is 2.12. The number of hydrogen-bond donors (Lipinski definition) is 0. The molecule has 2 aromatic rings. The van der Waals surface area contributed by atoms with E-state index >= 15 is 0 Å². The van der Waals surface area contributed by atoms with E-state index in [2.05, 4.69) is 4.98 Å². The lowest BCUT2D eigenvalue weighted by Crippen LogP contribution is -2.35. The summed E-state index contributed by atoms with van der Waals surface area (Å²) >= 11 is 0. The van der Waals surface area contributed by atoms with Crippen LogP contribution in [-0.2, 0) is 16.0 Å². The Morgan fingerprint density at radius 3 is 3.11 bits per heavy atom. The van der Waals surface area contributed by atoms with Gasteiger partial charge in [-0.2, -0.15) is 0 Å². The van der Waals surface area contributed by atoms with E-state index in [9.17, 15) is 9.18 Å². The van der Waals surface area contributed by atoms with Gasteiger partial charge in [0.25, 0.3) is 5.56 Å². The van der Waals surface area contributed by atoms with Gasteiger partial charge in [-0.05, 0) is 18.2 Å². The van der Waals surface area contributed by atoms with E-state index in [1.807, 2.05) is 0 Å². The van der Waals surface area contributed by atoms with E-state index in [1.54, 1.807) is 0 Å². The molecule has 1 saturated heterocycles. The lowest BCUT2D eigenvalue weighted by Gasteiger charge is -2.23. The summed E-state index contributed by atoms with van der Waals surface area (Å²) in [6.07, 6.45) is 1.29. The third kappa shape index (κ3) is 2.50. The Morgan fingerprint density at radius 2 is 2.32 bits per heavy atom. The van der Waals surface area contributed by atoms with Gasteiger partial charge >= 0.3 is 0 Å². The molecule has 1 atom stereocenters. The van der Waals surface area contributed by atoms with Gasteiger partial charge in [-0.25, -0.2) is 9.37 Å². The number of halogens is 1. The quantitative estimate of drug-likeness (QED) is 0.810. The van der Waals surface area contributed by atoms with Crippen LogP contribution in [0.25, 0.3) is 10.9 Å². The van der Waals surface area contributed by atoms with Crippen molar-refractivity contribution in [2.45, 2.75) is 12.6 Å². The number of ether oxygens (including phenoxy) is 2. The van der Waals surface area contributed by atoms with Crippen LogP contribution in [0, 0.1) is 5.82 Å². The third-order valence-corrected chi connectivity index (χ3v) is 3.07. The second-order valence-electron chi connectivity index (χ2n) is 4.43. The summed E-state index contributed by atoms with van der Waals surface area (Å²) < 4.78 is 25.4. The van der Waals surface area contributed by atoms with Crippen molar-refractivity contribution in [3.05, 3.63) is 40.7 Å². The highest BCUT2D eigenvalue weighted by atomic mass is 19.1. The van der Waals surface area contributed by atoms with E-state index in [0.29, 0.717) is 31.9 Å².